The monoisotopic (exact) mass is 630 g/mol. The van der Waals surface area contributed by atoms with E-state index < -0.39 is 28.9 Å². The molecule has 0 radical (unpaired) electrons. The third-order valence-corrected chi connectivity index (χ3v) is 10.3. The lowest BCUT2D eigenvalue weighted by atomic mass is 9.95. The van der Waals surface area contributed by atoms with E-state index in [0.29, 0.717) is 31.4 Å². The number of ether oxygens (including phenoxy) is 1. The number of pyridine rings is 1. The molecule has 2 N–H and O–H groups in total. The van der Waals surface area contributed by atoms with Crippen LogP contribution in [0, 0.1) is 24.0 Å². The van der Waals surface area contributed by atoms with Crippen LogP contribution in [-0.4, -0.2) is 81.1 Å². The van der Waals surface area contributed by atoms with Gasteiger partial charge in [-0.15, -0.1) is 6.42 Å². The Balaban J connectivity index is 1.34. The number of aromatic hydroxyl groups is 1. The van der Waals surface area contributed by atoms with Gasteiger partial charge in [0, 0.05) is 56.1 Å². The van der Waals surface area contributed by atoms with Crippen molar-refractivity contribution in [3.05, 3.63) is 51.8 Å². The molecule has 4 atom stereocenters. The molecule has 0 saturated carbocycles. The summed E-state index contributed by atoms with van der Waals surface area (Å²) in [6.07, 6.45) is 8.73. The Morgan fingerprint density at radius 2 is 1.93 bits per heavy atom. The van der Waals surface area contributed by atoms with Crippen molar-refractivity contribution >= 4 is 27.5 Å². The second-order valence-electron chi connectivity index (χ2n) is 13.1. The van der Waals surface area contributed by atoms with E-state index in [2.05, 4.69) is 21.1 Å². The number of benzene rings is 2. The van der Waals surface area contributed by atoms with Crippen molar-refractivity contribution in [3.8, 4) is 35.4 Å². The normalized spacial score (nSPS) is 25.8. The number of phenols is 1. The lowest BCUT2D eigenvalue weighted by molar-refractivity contribution is 0.107. The molecule has 2 aromatic heterocycles. The highest BCUT2D eigenvalue weighted by atomic mass is 19.1. The molecular formula is C34H33F3N6O3. The topological polar surface area (TPSA) is 95.8 Å². The summed E-state index contributed by atoms with van der Waals surface area (Å²) in [4.78, 5) is 27.5. The van der Waals surface area contributed by atoms with Crippen LogP contribution in [0.3, 0.4) is 0 Å². The Hall–Kier alpha value is -4.34. The second kappa shape index (κ2) is 10.6. The molecule has 238 valence electrons. The van der Waals surface area contributed by atoms with Crippen molar-refractivity contribution in [2.75, 3.05) is 37.7 Å². The number of fused-ring (bicyclic) bond motifs is 5. The minimum atomic E-state index is -0.953. The van der Waals surface area contributed by atoms with Crippen LogP contribution >= 0.6 is 0 Å². The van der Waals surface area contributed by atoms with Crippen molar-refractivity contribution in [1.82, 2.24) is 24.8 Å². The number of phenolic OH excluding ortho intramolecular Hbond substituents is 1. The predicted octanol–water partition coefficient (Wildman–Crippen LogP) is 4.01. The molecule has 2 aromatic carbocycles. The fourth-order valence-electron chi connectivity index (χ4n) is 8.28. The van der Waals surface area contributed by atoms with Crippen molar-refractivity contribution < 1.29 is 23.0 Å². The second-order valence-corrected chi connectivity index (χ2v) is 13.1. The molecule has 46 heavy (non-hydrogen) atoms. The number of nitrogens with zero attached hydrogens (tertiary/aromatic N) is 5. The van der Waals surface area contributed by atoms with Crippen molar-refractivity contribution in [2.45, 2.75) is 55.9 Å². The summed E-state index contributed by atoms with van der Waals surface area (Å²) in [6, 6.07) is 5.57. The van der Waals surface area contributed by atoms with Gasteiger partial charge in [0.15, 0.2) is 5.82 Å². The average molecular weight is 631 g/mol. The number of alkyl halides is 1. The number of halogens is 3. The smallest absolute Gasteiger partial charge is 0.319 e. The van der Waals surface area contributed by atoms with E-state index in [1.54, 1.807) is 0 Å². The third kappa shape index (κ3) is 4.43. The molecule has 4 aliphatic heterocycles. The first-order valence-electron chi connectivity index (χ1n) is 15.7. The van der Waals surface area contributed by atoms with Crippen LogP contribution in [0.4, 0.5) is 19.0 Å². The molecule has 4 fully saturated rings. The van der Waals surface area contributed by atoms with E-state index in [9.17, 15) is 18.7 Å². The molecule has 8 rings (SSSR count). The van der Waals surface area contributed by atoms with Crippen LogP contribution in [0.5, 0.6) is 11.8 Å². The number of aromatic nitrogens is 3. The zero-order chi connectivity index (χ0) is 31.9. The Labute approximate surface area is 263 Å². The maximum absolute atomic E-state index is 17.1. The maximum atomic E-state index is 17.1. The Kier molecular flexibility index (Phi) is 6.71. The maximum Gasteiger partial charge on any atom is 0.319 e. The quantitative estimate of drug-likeness (QED) is 0.320. The number of nitrogens with one attached hydrogen (secondary N) is 1. The van der Waals surface area contributed by atoms with Crippen LogP contribution in [0.25, 0.3) is 32.9 Å². The van der Waals surface area contributed by atoms with Gasteiger partial charge in [-0.05, 0) is 55.8 Å². The summed E-state index contributed by atoms with van der Waals surface area (Å²) in [5.74, 6) is 0.847. The van der Waals surface area contributed by atoms with Crippen LogP contribution in [0.2, 0.25) is 0 Å². The molecule has 2 bridgehead atoms. The van der Waals surface area contributed by atoms with Gasteiger partial charge in [0.05, 0.1) is 16.8 Å². The highest BCUT2D eigenvalue weighted by Gasteiger charge is 2.49. The van der Waals surface area contributed by atoms with Crippen molar-refractivity contribution in [1.29, 1.82) is 0 Å². The largest absolute Gasteiger partial charge is 0.508 e. The van der Waals surface area contributed by atoms with Crippen molar-refractivity contribution in [2.24, 2.45) is 7.05 Å². The number of hydrogen-bond acceptors (Lipinski definition) is 8. The first kappa shape index (κ1) is 29.1. The molecule has 9 nitrogen and oxygen atoms in total. The van der Waals surface area contributed by atoms with E-state index in [1.807, 2.05) is 4.90 Å². The zero-order valence-corrected chi connectivity index (χ0v) is 25.3. The van der Waals surface area contributed by atoms with Gasteiger partial charge in [0.25, 0.3) is 5.56 Å². The minimum absolute atomic E-state index is 0.00411. The number of rotatable bonds is 5. The zero-order valence-electron chi connectivity index (χ0n) is 25.3. The number of anilines is 1. The Bertz CT molecular complexity index is 2020. The lowest BCUT2D eigenvalue weighted by Gasteiger charge is -2.34. The highest BCUT2D eigenvalue weighted by molar-refractivity contribution is 6.03. The molecule has 2 unspecified atom stereocenters. The van der Waals surface area contributed by atoms with Gasteiger partial charge in [0.2, 0.25) is 0 Å². The van der Waals surface area contributed by atoms with Gasteiger partial charge in [-0.1, -0.05) is 12.0 Å². The number of terminal acetylenes is 1. The molecule has 0 spiro atoms. The summed E-state index contributed by atoms with van der Waals surface area (Å²) in [7, 11) is 1.42. The Morgan fingerprint density at radius 1 is 1.15 bits per heavy atom. The van der Waals surface area contributed by atoms with E-state index in [-0.39, 0.29) is 69.4 Å². The summed E-state index contributed by atoms with van der Waals surface area (Å²) < 4.78 is 53.8. The molecule has 4 aliphatic rings. The van der Waals surface area contributed by atoms with Crippen LogP contribution in [0.1, 0.15) is 37.7 Å². The molecule has 0 aliphatic carbocycles. The van der Waals surface area contributed by atoms with E-state index in [1.165, 1.54) is 31.3 Å². The van der Waals surface area contributed by atoms with Gasteiger partial charge >= 0.3 is 6.01 Å². The van der Waals surface area contributed by atoms with Crippen LogP contribution in [-0.2, 0) is 7.05 Å². The number of piperazine rings is 1. The summed E-state index contributed by atoms with van der Waals surface area (Å²) in [5.41, 5.74) is -1.59. The predicted molar refractivity (Wildman–Crippen MR) is 168 cm³/mol. The molecule has 12 heteroatoms. The molecule has 0 amide bonds. The Morgan fingerprint density at radius 3 is 2.70 bits per heavy atom. The minimum Gasteiger partial charge on any atom is -0.508 e. The lowest BCUT2D eigenvalue weighted by Crippen LogP contribution is -2.51. The van der Waals surface area contributed by atoms with Gasteiger partial charge in [0.1, 0.15) is 41.1 Å². The van der Waals surface area contributed by atoms with E-state index >= 15 is 4.39 Å². The first-order valence-corrected chi connectivity index (χ1v) is 15.7. The fourth-order valence-corrected chi connectivity index (χ4v) is 8.28. The molecular weight excluding hydrogens is 597 g/mol. The standard InChI is InChI=1S/C34H33F3N6O3/c1-3-23-25(36)8-5-18-11-22(44)12-24(26(18)23)30-28(37)29-27(32(45)41(30)2)31(42-15-20-6-7-21(16-42)38-20)40-33(39-29)46-17-34-9-4-10-43(34)14-19(35)13-34/h1,5,8,11-12,19-21,38,44H,4,6-7,9-10,13-17H2,2H3/t19-,20?,21?,34+/m1/s1. The first-order chi connectivity index (χ1) is 22.2. The molecule has 6 heterocycles. The van der Waals surface area contributed by atoms with Crippen molar-refractivity contribution in [3.63, 3.8) is 0 Å². The van der Waals surface area contributed by atoms with Gasteiger partial charge in [-0.3, -0.25) is 9.69 Å². The fraction of sp³-hybridized carbons (Fsp3) is 0.441. The van der Waals surface area contributed by atoms with E-state index in [0.717, 1.165) is 36.8 Å². The average Bonchev–Trinajstić information content (AvgIpc) is 3.68. The van der Waals surface area contributed by atoms with Gasteiger partial charge < -0.3 is 24.6 Å². The van der Waals surface area contributed by atoms with Gasteiger partial charge in [-0.2, -0.15) is 9.97 Å². The van der Waals surface area contributed by atoms with E-state index in [4.69, 9.17) is 16.1 Å². The van der Waals surface area contributed by atoms with Crippen LogP contribution < -0.4 is 20.5 Å². The summed E-state index contributed by atoms with van der Waals surface area (Å²) in [5, 5.41) is 14.7. The van der Waals surface area contributed by atoms with Gasteiger partial charge in [-0.25, -0.2) is 13.2 Å². The highest BCUT2D eigenvalue weighted by Crippen LogP contribution is 2.42. The third-order valence-electron chi connectivity index (χ3n) is 10.3. The SMILES string of the molecule is C#Cc1c(F)ccc2cc(O)cc(-c3c(F)c4nc(OC[C@@]56CCCN5C[C@H](F)C6)nc(N5CC6CCC(C5)N6)c4c(=O)n3C)c12. The molecule has 4 aromatic rings. The summed E-state index contributed by atoms with van der Waals surface area (Å²) in [6.45, 7) is 2.40. The number of hydrogen-bond donors (Lipinski definition) is 2. The van der Waals surface area contributed by atoms with Crippen LogP contribution in [0.15, 0.2) is 29.1 Å². The molecule has 4 saturated heterocycles. The summed E-state index contributed by atoms with van der Waals surface area (Å²) >= 11 is 0.